The van der Waals surface area contributed by atoms with Crippen molar-refractivity contribution in [2.24, 2.45) is 10.2 Å². The van der Waals surface area contributed by atoms with Crippen LogP contribution in [0.4, 0.5) is 17.1 Å². The molecule has 2 N–H and O–H groups in total. The number of azo groups is 1. The van der Waals surface area contributed by atoms with E-state index in [4.69, 9.17) is 10.5 Å². The largest absolute Gasteiger partial charge is 0.494 e. The Hall–Kier alpha value is -2.36. The van der Waals surface area contributed by atoms with Crippen molar-refractivity contribution >= 4 is 17.1 Å². The van der Waals surface area contributed by atoms with Crippen molar-refractivity contribution in [3.63, 3.8) is 0 Å². The molecule has 0 aliphatic rings. The molecule has 0 unspecified atom stereocenters. The molecule has 4 heteroatoms. The van der Waals surface area contributed by atoms with Crippen LogP contribution in [0.2, 0.25) is 0 Å². The number of hydrogen-bond acceptors (Lipinski definition) is 4. The maximum atomic E-state index is 5.75. The maximum absolute atomic E-state index is 5.75. The number of aryl methyl sites for hydroxylation is 1. The molecule has 92 valence electrons. The van der Waals surface area contributed by atoms with E-state index >= 15 is 0 Å². The molecule has 0 aromatic heterocycles. The van der Waals surface area contributed by atoms with Gasteiger partial charge in [-0.15, -0.1) is 5.11 Å². The third kappa shape index (κ3) is 2.66. The average molecular weight is 241 g/mol. The first-order chi connectivity index (χ1) is 8.70. The van der Waals surface area contributed by atoms with E-state index in [9.17, 15) is 0 Å². The molecule has 18 heavy (non-hydrogen) atoms. The smallest absolute Gasteiger partial charge is 0.146 e. The molecule has 0 saturated heterocycles. The molecule has 0 aliphatic heterocycles. The summed E-state index contributed by atoms with van der Waals surface area (Å²) in [6.07, 6.45) is 0. The highest BCUT2D eigenvalue weighted by Gasteiger charge is 2.00. The van der Waals surface area contributed by atoms with Crippen LogP contribution >= 0.6 is 0 Å². The van der Waals surface area contributed by atoms with E-state index in [1.165, 1.54) is 0 Å². The first kappa shape index (κ1) is 12.1. The molecule has 0 radical (unpaired) electrons. The van der Waals surface area contributed by atoms with Gasteiger partial charge in [-0.05, 0) is 42.8 Å². The third-order valence-corrected chi connectivity index (χ3v) is 2.61. The summed E-state index contributed by atoms with van der Waals surface area (Å²) >= 11 is 0. The standard InChI is InChI=1S/C14H15N3O/c1-10-9-11(7-8-12(10)15)16-17-13-5-3-4-6-14(13)18-2/h3-9H,15H2,1-2H3/b17-16+. The molecule has 0 amide bonds. The number of methoxy groups -OCH3 is 1. The minimum Gasteiger partial charge on any atom is -0.494 e. The number of nitrogens with two attached hydrogens (primary N) is 1. The Balaban J connectivity index is 2.27. The second kappa shape index (κ2) is 5.31. The lowest BCUT2D eigenvalue weighted by Crippen LogP contribution is -1.87. The Morgan fingerprint density at radius 2 is 1.83 bits per heavy atom. The number of benzene rings is 2. The maximum Gasteiger partial charge on any atom is 0.146 e. The fraction of sp³-hybridized carbons (Fsp3) is 0.143. The Kier molecular flexibility index (Phi) is 3.57. The lowest BCUT2D eigenvalue weighted by Gasteiger charge is -2.02. The summed E-state index contributed by atoms with van der Waals surface area (Å²) in [5.41, 5.74) is 8.97. The van der Waals surface area contributed by atoms with E-state index < -0.39 is 0 Å². The van der Waals surface area contributed by atoms with Gasteiger partial charge in [0.15, 0.2) is 0 Å². The van der Waals surface area contributed by atoms with Gasteiger partial charge in [0.2, 0.25) is 0 Å². The summed E-state index contributed by atoms with van der Waals surface area (Å²) in [6, 6.07) is 13.0. The van der Waals surface area contributed by atoms with Crippen LogP contribution in [0.25, 0.3) is 0 Å². The van der Waals surface area contributed by atoms with Crippen molar-refractivity contribution in [1.29, 1.82) is 0 Å². The van der Waals surface area contributed by atoms with Gasteiger partial charge in [-0.25, -0.2) is 0 Å². The number of rotatable bonds is 3. The molecule has 0 aliphatic carbocycles. The zero-order valence-corrected chi connectivity index (χ0v) is 10.4. The predicted molar refractivity (Wildman–Crippen MR) is 72.8 cm³/mol. The van der Waals surface area contributed by atoms with Crippen molar-refractivity contribution in [2.45, 2.75) is 6.92 Å². The highest BCUT2D eigenvalue weighted by Crippen LogP contribution is 2.28. The highest BCUT2D eigenvalue weighted by atomic mass is 16.5. The topological polar surface area (TPSA) is 60.0 Å². The second-order valence-electron chi connectivity index (χ2n) is 3.91. The first-order valence-electron chi connectivity index (χ1n) is 5.61. The Morgan fingerprint density at radius 1 is 1.06 bits per heavy atom. The van der Waals surface area contributed by atoms with E-state index in [0.29, 0.717) is 11.4 Å². The zero-order chi connectivity index (χ0) is 13.0. The van der Waals surface area contributed by atoms with Gasteiger partial charge >= 0.3 is 0 Å². The summed E-state index contributed by atoms with van der Waals surface area (Å²) in [5, 5.41) is 8.35. The minimum absolute atomic E-state index is 0.702. The molecule has 0 spiro atoms. The van der Waals surface area contributed by atoms with Gasteiger partial charge in [-0.3, -0.25) is 0 Å². The van der Waals surface area contributed by atoms with Crippen molar-refractivity contribution < 1.29 is 4.74 Å². The van der Waals surface area contributed by atoms with Crippen LogP contribution in [0.5, 0.6) is 5.75 Å². The second-order valence-corrected chi connectivity index (χ2v) is 3.91. The number of hydrogen-bond donors (Lipinski definition) is 1. The van der Waals surface area contributed by atoms with Crippen molar-refractivity contribution in [3.8, 4) is 5.75 Å². The summed E-state index contributed by atoms with van der Waals surface area (Å²) in [7, 11) is 1.61. The van der Waals surface area contributed by atoms with Crippen LogP contribution in [0.1, 0.15) is 5.56 Å². The lowest BCUT2D eigenvalue weighted by molar-refractivity contribution is 0.416. The molecule has 2 rings (SSSR count). The van der Waals surface area contributed by atoms with E-state index in [-0.39, 0.29) is 0 Å². The number of ether oxygens (including phenoxy) is 1. The molecule has 0 bridgehead atoms. The zero-order valence-electron chi connectivity index (χ0n) is 10.4. The minimum atomic E-state index is 0.702. The molecular weight excluding hydrogens is 226 g/mol. The third-order valence-electron chi connectivity index (χ3n) is 2.61. The monoisotopic (exact) mass is 241 g/mol. The number of para-hydroxylation sites is 1. The number of nitrogen functional groups attached to an aromatic ring is 1. The van der Waals surface area contributed by atoms with Gasteiger partial charge < -0.3 is 10.5 Å². The van der Waals surface area contributed by atoms with Crippen molar-refractivity contribution in [1.82, 2.24) is 0 Å². The summed E-state index contributed by atoms with van der Waals surface area (Å²) in [4.78, 5) is 0. The lowest BCUT2D eigenvalue weighted by atomic mass is 10.2. The molecule has 0 saturated carbocycles. The van der Waals surface area contributed by atoms with Crippen LogP contribution in [0.15, 0.2) is 52.7 Å². The van der Waals surface area contributed by atoms with Gasteiger partial charge in [-0.1, -0.05) is 12.1 Å². The molecule has 0 atom stereocenters. The van der Waals surface area contributed by atoms with Crippen LogP contribution in [-0.4, -0.2) is 7.11 Å². The van der Waals surface area contributed by atoms with Crippen LogP contribution in [-0.2, 0) is 0 Å². The Morgan fingerprint density at radius 3 is 2.56 bits per heavy atom. The number of nitrogens with zero attached hydrogens (tertiary/aromatic N) is 2. The highest BCUT2D eigenvalue weighted by molar-refractivity contribution is 5.55. The fourth-order valence-electron chi connectivity index (χ4n) is 1.55. The molecular formula is C14H15N3O. The van der Waals surface area contributed by atoms with E-state index in [1.807, 2.05) is 49.4 Å². The molecule has 0 heterocycles. The average Bonchev–Trinajstić information content (AvgIpc) is 2.40. The van der Waals surface area contributed by atoms with Gasteiger partial charge in [-0.2, -0.15) is 5.11 Å². The van der Waals surface area contributed by atoms with Crippen molar-refractivity contribution in [2.75, 3.05) is 12.8 Å². The van der Waals surface area contributed by atoms with E-state index in [1.54, 1.807) is 7.11 Å². The Bertz CT molecular complexity index is 579. The summed E-state index contributed by atoms with van der Waals surface area (Å²) in [5.74, 6) is 0.702. The van der Waals surface area contributed by atoms with Crippen LogP contribution in [0.3, 0.4) is 0 Å². The number of anilines is 1. The normalized spacial score (nSPS) is 10.8. The van der Waals surface area contributed by atoms with Gasteiger partial charge in [0.1, 0.15) is 11.4 Å². The molecule has 4 nitrogen and oxygen atoms in total. The van der Waals surface area contributed by atoms with Crippen LogP contribution < -0.4 is 10.5 Å². The predicted octanol–water partition coefficient (Wildman–Crippen LogP) is 4.00. The van der Waals surface area contributed by atoms with Crippen molar-refractivity contribution in [3.05, 3.63) is 48.0 Å². The summed E-state index contributed by atoms with van der Waals surface area (Å²) in [6.45, 7) is 1.94. The van der Waals surface area contributed by atoms with Gasteiger partial charge in [0.25, 0.3) is 0 Å². The van der Waals surface area contributed by atoms with Gasteiger partial charge in [0.05, 0.1) is 12.8 Å². The Labute approximate surface area is 106 Å². The molecule has 0 fully saturated rings. The fourth-order valence-corrected chi connectivity index (χ4v) is 1.55. The van der Waals surface area contributed by atoms with E-state index in [0.717, 1.165) is 16.9 Å². The SMILES string of the molecule is COc1ccccc1/N=N/c1ccc(N)c(C)c1. The van der Waals surface area contributed by atoms with Gasteiger partial charge in [0, 0.05) is 5.69 Å². The quantitative estimate of drug-likeness (QED) is 0.652. The first-order valence-corrected chi connectivity index (χ1v) is 5.61. The molecule has 2 aromatic rings. The van der Waals surface area contributed by atoms with E-state index in [2.05, 4.69) is 10.2 Å². The summed E-state index contributed by atoms with van der Waals surface area (Å²) < 4.78 is 5.20. The molecule has 2 aromatic carbocycles. The van der Waals surface area contributed by atoms with Crippen LogP contribution in [0, 0.1) is 6.92 Å².